The van der Waals surface area contributed by atoms with Crippen LogP contribution in [0.25, 0.3) is 0 Å². The van der Waals surface area contributed by atoms with Gasteiger partial charge in [0.1, 0.15) is 5.76 Å². The van der Waals surface area contributed by atoms with E-state index in [-0.39, 0.29) is 17.3 Å². The Hall–Kier alpha value is -3.16. The molecule has 8 heteroatoms. The van der Waals surface area contributed by atoms with Crippen molar-refractivity contribution >= 4 is 29.3 Å². The molecule has 2 rings (SSSR count). The van der Waals surface area contributed by atoms with Crippen LogP contribution in [-0.4, -0.2) is 29.5 Å². The molecular formula is C25H35N3O5. The van der Waals surface area contributed by atoms with E-state index < -0.39 is 18.5 Å². The van der Waals surface area contributed by atoms with Crippen molar-refractivity contribution in [1.82, 2.24) is 5.16 Å². The molecule has 0 bridgehead atoms. The van der Waals surface area contributed by atoms with E-state index in [0.717, 1.165) is 19.3 Å². The van der Waals surface area contributed by atoms with Gasteiger partial charge < -0.3 is 19.9 Å². The topological polar surface area (TPSA) is 111 Å². The Morgan fingerprint density at radius 3 is 2.24 bits per heavy atom. The summed E-state index contributed by atoms with van der Waals surface area (Å²) in [5.41, 5.74) is 0.568. The van der Waals surface area contributed by atoms with Crippen molar-refractivity contribution in [2.24, 2.45) is 0 Å². The molecule has 0 aliphatic rings. The predicted octanol–water partition coefficient (Wildman–Crippen LogP) is 5.64. The first kappa shape index (κ1) is 26.1. The highest BCUT2D eigenvalue weighted by atomic mass is 16.5. The van der Waals surface area contributed by atoms with Crippen LogP contribution < -0.4 is 10.6 Å². The highest BCUT2D eigenvalue weighted by molar-refractivity contribution is 6.02. The number of rotatable bonds is 15. The van der Waals surface area contributed by atoms with Gasteiger partial charge in [-0.25, -0.2) is 4.79 Å². The molecule has 0 atom stereocenters. The molecule has 0 aliphatic heterocycles. The minimum absolute atomic E-state index is 0.141. The molecule has 1 heterocycles. The molecule has 0 unspecified atom stereocenters. The number of nitrogens with zero attached hydrogens (tertiary/aromatic N) is 1. The van der Waals surface area contributed by atoms with Crippen LogP contribution in [0.5, 0.6) is 0 Å². The van der Waals surface area contributed by atoms with E-state index in [1.165, 1.54) is 38.5 Å². The molecule has 0 saturated carbocycles. The lowest BCUT2D eigenvalue weighted by atomic mass is 10.1. The van der Waals surface area contributed by atoms with Gasteiger partial charge in [0, 0.05) is 12.5 Å². The number of anilines is 2. The van der Waals surface area contributed by atoms with Crippen LogP contribution in [-0.2, 0) is 14.3 Å². The Labute approximate surface area is 195 Å². The summed E-state index contributed by atoms with van der Waals surface area (Å²) in [5.74, 6) is -0.576. The van der Waals surface area contributed by atoms with Crippen molar-refractivity contribution in [3.63, 3.8) is 0 Å². The number of aryl methyl sites for hydroxylation is 1. The Morgan fingerprint density at radius 2 is 1.58 bits per heavy atom. The van der Waals surface area contributed by atoms with Crippen LogP contribution in [0.2, 0.25) is 0 Å². The van der Waals surface area contributed by atoms with E-state index in [9.17, 15) is 14.4 Å². The van der Waals surface area contributed by atoms with Crippen molar-refractivity contribution in [1.29, 1.82) is 0 Å². The largest absolute Gasteiger partial charge is 0.452 e. The highest BCUT2D eigenvalue weighted by Crippen LogP contribution is 2.18. The summed E-state index contributed by atoms with van der Waals surface area (Å²) in [6.45, 7) is 3.43. The number of hydrogen-bond donors (Lipinski definition) is 2. The van der Waals surface area contributed by atoms with Crippen molar-refractivity contribution in [2.75, 3.05) is 17.2 Å². The fourth-order valence-corrected chi connectivity index (χ4v) is 3.39. The zero-order chi connectivity index (χ0) is 23.9. The maximum absolute atomic E-state index is 12.4. The van der Waals surface area contributed by atoms with Crippen LogP contribution in [0.1, 0.15) is 87.3 Å². The van der Waals surface area contributed by atoms with E-state index in [4.69, 9.17) is 9.26 Å². The van der Waals surface area contributed by atoms with Gasteiger partial charge in [-0.1, -0.05) is 75.6 Å². The molecule has 2 N–H and O–H groups in total. The zero-order valence-electron chi connectivity index (χ0n) is 19.7. The van der Waals surface area contributed by atoms with Crippen LogP contribution in [0.4, 0.5) is 11.5 Å². The summed E-state index contributed by atoms with van der Waals surface area (Å²) in [5, 5.41) is 8.91. The molecule has 1 aromatic carbocycles. The Bertz CT molecular complexity index is 894. The number of amides is 2. The molecule has 0 fully saturated rings. The average molecular weight is 458 g/mol. The quantitative estimate of drug-likeness (QED) is 0.265. The third-order valence-corrected chi connectivity index (χ3v) is 5.16. The fraction of sp³-hybridized carbons (Fsp3) is 0.520. The SMILES string of the molecule is CCCCCCCCCCCC(=O)Nc1ccccc1C(=O)OCC(=O)Nc1cc(C)on1. The van der Waals surface area contributed by atoms with Crippen molar-refractivity contribution in [3.05, 3.63) is 41.7 Å². The van der Waals surface area contributed by atoms with Crippen molar-refractivity contribution in [3.8, 4) is 0 Å². The molecule has 180 valence electrons. The summed E-state index contributed by atoms with van der Waals surface area (Å²) in [7, 11) is 0. The van der Waals surface area contributed by atoms with E-state index in [0.29, 0.717) is 17.9 Å². The van der Waals surface area contributed by atoms with Gasteiger partial charge in [0.25, 0.3) is 5.91 Å². The number of hydrogen-bond acceptors (Lipinski definition) is 6. The molecule has 2 aromatic rings. The number of nitrogens with one attached hydrogen (secondary N) is 2. The molecular weight excluding hydrogens is 422 g/mol. The molecule has 8 nitrogen and oxygen atoms in total. The minimum atomic E-state index is -0.694. The number of carbonyl (C=O) groups excluding carboxylic acids is 3. The van der Waals surface area contributed by atoms with Gasteiger partial charge in [-0.15, -0.1) is 0 Å². The second kappa shape index (κ2) is 14.8. The van der Waals surface area contributed by atoms with Crippen LogP contribution in [0.15, 0.2) is 34.9 Å². The molecule has 0 saturated heterocycles. The Balaban J connectivity index is 1.70. The maximum Gasteiger partial charge on any atom is 0.340 e. The van der Waals surface area contributed by atoms with Crippen molar-refractivity contribution < 1.29 is 23.6 Å². The van der Waals surface area contributed by atoms with E-state index >= 15 is 0 Å². The minimum Gasteiger partial charge on any atom is -0.452 e. The monoisotopic (exact) mass is 457 g/mol. The smallest absolute Gasteiger partial charge is 0.340 e. The second-order valence-electron chi connectivity index (χ2n) is 8.12. The normalized spacial score (nSPS) is 10.6. The van der Waals surface area contributed by atoms with Gasteiger partial charge >= 0.3 is 5.97 Å². The van der Waals surface area contributed by atoms with Gasteiger partial charge in [-0.2, -0.15) is 0 Å². The first-order valence-corrected chi connectivity index (χ1v) is 11.8. The van der Waals surface area contributed by atoms with Gasteiger partial charge in [0.15, 0.2) is 12.4 Å². The lowest BCUT2D eigenvalue weighted by molar-refractivity contribution is -0.119. The lowest BCUT2D eigenvalue weighted by Gasteiger charge is -2.11. The Kier molecular flexibility index (Phi) is 11.7. The third-order valence-electron chi connectivity index (χ3n) is 5.16. The first-order valence-electron chi connectivity index (χ1n) is 11.8. The highest BCUT2D eigenvalue weighted by Gasteiger charge is 2.16. The standard InChI is InChI=1S/C25H35N3O5/c1-3-4-5-6-7-8-9-10-11-16-23(29)26-21-15-13-12-14-20(21)25(31)32-18-24(30)27-22-17-19(2)33-28-22/h12-15,17H,3-11,16,18H2,1-2H3,(H,26,29)(H,27,28,30). The van der Waals surface area contributed by atoms with Gasteiger partial charge in [-0.3, -0.25) is 9.59 Å². The molecule has 0 radical (unpaired) electrons. The number of carbonyl (C=O) groups is 3. The zero-order valence-corrected chi connectivity index (χ0v) is 19.7. The molecule has 2 amide bonds. The average Bonchev–Trinajstić information content (AvgIpc) is 3.21. The van der Waals surface area contributed by atoms with Crippen LogP contribution in [0, 0.1) is 6.92 Å². The second-order valence-corrected chi connectivity index (χ2v) is 8.12. The summed E-state index contributed by atoms with van der Waals surface area (Å²) in [4.78, 5) is 36.7. The molecule has 0 aliphatic carbocycles. The van der Waals surface area contributed by atoms with E-state index in [1.54, 1.807) is 37.3 Å². The number of ether oxygens (including phenoxy) is 1. The summed E-state index contributed by atoms with van der Waals surface area (Å²) < 4.78 is 9.96. The van der Waals surface area contributed by atoms with Gasteiger partial charge in [0.2, 0.25) is 5.91 Å². The van der Waals surface area contributed by atoms with E-state index in [2.05, 4.69) is 22.7 Å². The number of esters is 1. The van der Waals surface area contributed by atoms with Crippen LogP contribution >= 0.6 is 0 Å². The van der Waals surface area contributed by atoms with Crippen molar-refractivity contribution in [2.45, 2.75) is 78.1 Å². The maximum atomic E-state index is 12.4. The summed E-state index contributed by atoms with van der Waals surface area (Å²) in [6.07, 6.45) is 11.0. The molecule has 33 heavy (non-hydrogen) atoms. The fourth-order valence-electron chi connectivity index (χ4n) is 3.39. The summed E-state index contributed by atoms with van der Waals surface area (Å²) >= 11 is 0. The molecule has 1 aromatic heterocycles. The number of benzene rings is 1. The lowest BCUT2D eigenvalue weighted by Crippen LogP contribution is -2.22. The molecule has 0 spiro atoms. The predicted molar refractivity (Wildman–Crippen MR) is 127 cm³/mol. The van der Waals surface area contributed by atoms with Gasteiger partial charge in [-0.05, 0) is 25.5 Å². The first-order chi connectivity index (χ1) is 16.0. The number of para-hydroxylation sites is 1. The third kappa shape index (κ3) is 10.3. The number of aromatic nitrogens is 1. The van der Waals surface area contributed by atoms with Crippen LogP contribution in [0.3, 0.4) is 0 Å². The Morgan fingerprint density at radius 1 is 0.909 bits per heavy atom. The number of unbranched alkanes of at least 4 members (excludes halogenated alkanes) is 8. The van der Waals surface area contributed by atoms with E-state index in [1.807, 2.05) is 0 Å². The van der Waals surface area contributed by atoms with Gasteiger partial charge in [0.05, 0.1) is 11.3 Å². The summed E-state index contributed by atoms with van der Waals surface area (Å²) in [6, 6.07) is 8.14.